The molecule has 0 aliphatic heterocycles. The molecule has 0 fully saturated rings. The van der Waals surface area contributed by atoms with E-state index in [9.17, 15) is 0 Å². The van der Waals surface area contributed by atoms with Gasteiger partial charge < -0.3 is 5.41 Å². The van der Waals surface area contributed by atoms with Crippen LogP contribution in [0.25, 0.3) is 6.08 Å². The van der Waals surface area contributed by atoms with Gasteiger partial charge in [0.1, 0.15) is 0 Å². The van der Waals surface area contributed by atoms with E-state index < -0.39 is 0 Å². The van der Waals surface area contributed by atoms with Crippen LogP contribution in [0.2, 0.25) is 0 Å². The van der Waals surface area contributed by atoms with Gasteiger partial charge in [-0.05, 0) is 30.0 Å². The first kappa shape index (κ1) is 14.8. The van der Waals surface area contributed by atoms with Crippen LogP contribution in [0.3, 0.4) is 0 Å². The zero-order valence-corrected chi connectivity index (χ0v) is 13.6. The lowest BCUT2D eigenvalue weighted by Gasteiger charge is -2.30. The summed E-state index contributed by atoms with van der Waals surface area (Å²) in [6, 6.07) is 18.7. The first-order chi connectivity index (χ1) is 10.5. The average molecular weight is 289 g/mol. The third kappa shape index (κ3) is 2.64. The summed E-state index contributed by atoms with van der Waals surface area (Å²) in [6.45, 7) is 6.60. The van der Waals surface area contributed by atoms with E-state index in [2.05, 4.69) is 51.1 Å². The number of fused-ring (bicyclic) bond motifs is 1. The van der Waals surface area contributed by atoms with E-state index in [1.807, 2.05) is 30.3 Å². The van der Waals surface area contributed by atoms with Crippen LogP contribution in [0.5, 0.6) is 0 Å². The van der Waals surface area contributed by atoms with Crippen molar-refractivity contribution in [2.24, 2.45) is 5.41 Å². The molecule has 2 aromatic carbocycles. The molecule has 0 saturated heterocycles. The summed E-state index contributed by atoms with van der Waals surface area (Å²) in [6.07, 6.45) is 3.27. The summed E-state index contributed by atoms with van der Waals surface area (Å²) in [5, 5.41) is 8.63. The van der Waals surface area contributed by atoms with Gasteiger partial charge in [0.05, 0.1) is 0 Å². The molecule has 1 N–H and O–H groups in total. The van der Waals surface area contributed by atoms with Crippen LogP contribution in [-0.4, -0.2) is 5.71 Å². The number of benzene rings is 2. The van der Waals surface area contributed by atoms with Crippen LogP contribution in [0.1, 0.15) is 49.8 Å². The van der Waals surface area contributed by atoms with E-state index in [4.69, 9.17) is 5.41 Å². The lowest BCUT2D eigenvalue weighted by molar-refractivity contribution is 0.444. The zero-order chi connectivity index (χ0) is 15.7. The van der Waals surface area contributed by atoms with Crippen LogP contribution in [0, 0.1) is 10.8 Å². The number of nitrogens with one attached hydrogen (secondary N) is 1. The summed E-state index contributed by atoms with van der Waals surface area (Å²) in [4.78, 5) is 0. The van der Waals surface area contributed by atoms with Crippen LogP contribution in [0.4, 0.5) is 0 Å². The smallest absolute Gasteiger partial charge is 0.0442 e. The minimum Gasteiger partial charge on any atom is -0.304 e. The Kier molecular flexibility index (Phi) is 3.74. The molecular formula is C21H23N. The molecule has 1 unspecified atom stereocenters. The molecule has 1 nitrogen and oxygen atoms in total. The molecule has 22 heavy (non-hydrogen) atoms. The van der Waals surface area contributed by atoms with Crippen molar-refractivity contribution >= 4 is 11.8 Å². The van der Waals surface area contributed by atoms with E-state index in [1.165, 1.54) is 16.7 Å². The van der Waals surface area contributed by atoms with Crippen molar-refractivity contribution in [3.63, 3.8) is 0 Å². The summed E-state index contributed by atoms with van der Waals surface area (Å²) in [5.74, 6) is 0.426. The molecular weight excluding hydrogens is 266 g/mol. The fourth-order valence-corrected chi connectivity index (χ4v) is 3.43. The normalized spacial score (nSPS) is 17.0. The molecule has 1 aliphatic rings. The third-order valence-electron chi connectivity index (χ3n) is 4.76. The summed E-state index contributed by atoms with van der Waals surface area (Å²) >= 11 is 0. The second-order valence-corrected chi connectivity index (χ2v) is 6.90. The maximum absolute atomic E-state index is 8.63. The SMILES string of the molecule is CC1=Cc2ccccc2C1CC(C)(C)C(=N)c1ccccc1. The van der Waals surface area contributed by atoms with E-state index in [0.29, 0.717) is 5.92 Å². The highest BCUT2D eigenvalue weighted by molar-refractivity contribution is 6.02. The first-order valence-corrected chi connectivity index (χ1v) is 7.90. The van der Waals surface area contributed by atoms with Crippen LogP contribution in [-0.2, 0) is 0 Å². The second kappa shape index (κ2) is 5.57. The highest BCUT2D eigenvalue weighted by atomic mass is 14.5. The average Bonchev–Trinajstić information content (AvgIpc) is 2.83. The monoisotopic (exact) mass is 289 g/mol. The number of hydrogen-bond donors (Lipinski definition) is 1. The fourth-order valence-electron chi connectivity index (χ4n) is 3.43. The van der Waals surface area contributed by atoms with Crippen LogP contribution in [0.15, 0.2) is 60.2 Å². The molecule has 1 heteroatoms. The standard InChI is InChI=1S/C21H23N/c1-15-13-17-11-7-8-12-18(17)19(15)14-21(2,3)20(22)16-9-5-4-6-10-16/h4-13,19,22H,14H2,1-3H3. The predicted octanol–water partition coefficient (Wildman–Crippen LogP) is 5.67. The maximum atomic E-state index is 8.63. The Morgan fingerprint density at radius 2 is 1.64 bits per heavy atom. The van der Waals surface area contributed by atoms with Gasteiger partial charge in [-0.1, -0.05) is 80.1 Å². The molecule has 1 atom stereocenters. The van der Waals surface area contributed by atoms with Crippen molar-refractivity contribution in [2.75, 3.05) is 0 Å². The Morgan fingerprint density at radius 1 is 1.00 bits per heavy atom. The topological polar surface area (TPSA) is 23.9 Å². The molecule has 0 heterocycles. The van der Waals surface area contributed by atoms with Crippen LogP contribution >= 0.6 is 0 Å². The van der Waals surface area contributed by atoms with Gasteiger partial charge in [-0.25, -0.2) is 0 Å². The zero-order valence-electron chi connectivity index (χ0n) is 13.6. The molecule has 0 amide bonds. The Balaban J connectivity index is 1.86. The molecule has 0 radical (unpaired) electrons. The molecule has 3 rings (SSSR count). The second-order valence-electron chi connectivity index (χ2n) is 6.90. The minimum atomic E-state index is -0.154. The largest absolute Gasteiger partial charge is 0.304 e. The van der Waals surface area contributed by atoms with Crippen molar-refractivity contribution in [3.8, 4) is 0 Å². The minimum absolute atomic E-state index is 0.154. The first-order valence-electron chi connectivity index (χ1n) is 7.90. The van der Waals surface area contributed by atoms with Gasteiger partial charge in [-0.3, -0.25) is 0 Å². The van der Waals surface area contributed by atoms with Crippen molar-refractivity contribution in [1.29, 1.82) is 5.41 Å². The molecule has 0 aromatic heterocycles. The molecule has 0 saturated carbocycles. The molecule has 0 bridgehead atoms. The predicted molar refractivity (Wildman–Crippen MR) is 94.5 cm³/mol. The van der Waals surface area contributed by atoms with Crippen molar-refractivity contribution in [1.82, 2.24) is 0 Å². The highest BCUT2D eigenvalue weighted by Crippen LogP contribution is 2.43. The molecule has 1 aliphatic carbocycles. The van der Waals surface area contributed by atoms with E-state index in [0.717, 1.165) is 17.7 Å². The van der Waals surface area contributed by atoms with Gasteiger partial charge in [0, 0.05) is 17.0 Å². The van der Waals surface area contributed by atoms with E-state index >= 15 is 0 Å². The van der Waals surface area contributed by atoms with Gasteiger partial charge in [0.2, 0.25) is 0 Å². The Bertz CT molecular complexity index is 723. The van der Waals surface area contributed by atoms with Gasteiger partial charge >= 0.3 is 0 Å². The van der Waals surface area contributed by atoms with Gasteiger partial charge in [0.25, 0.3) is 0 Å². The van der Waals surface area contributed by atoms with Gasteiger partial charge in [-0.2, -0.15) is 0 Å². The van der Waals surface area contributed by atoms with Gasteiger partial charge in [-0.15, -0.1) is 0 Å². The summed E-state index contributed by atoms with van der Waals surface area (Å²) in [5.41, 5.74) is 5.76. The van der Waals surface area contributed by atoms with Crippen LogP contribution < -0.4 is 0 Å². The number of hydrogen-bond acceptors (Lipinski definition) is 1. The third-order valence-corrected chi connectivity index (χ3v) is 4.76. The van der Waals surface area contributed by atoms with Crippen molar-refractivity contribution < 1.29 is 0 Å². The Hall–Kier alpha value is -2.15. The number of rotatable bonds is 4. The lowest BCUT2D eigenvalue weighted by atomic mass is 9.74. The van der Waals surface area contributed by atoms with E-state index in [1.54, 1.807) is 0 Å². The summed E-state index contributed by atoms with van der Waals surface area (Å²) in [7, 11) is 0. The number of allylic oxidation sites excluding steroid dienone is 1. The van der Waals surface area contributed by atoms with Crippen molar-refractivity contribution in [2.45, 2.75) is 33.1 Å². The molecule has 0 spiro atoms. The molecule has 2 aromatic rings. The Labute approximate surface area is 133 Å². The Morgan fingerprint density at radius 3 is 2.36 bits per heavy atom. The maximum Gasteiger partial charge on any atom is 0.0442 e. The fraction of sp³-hybridized carbons (Fsp3) is 0.286. The highest BCUT2D eigenvalue weighted by Gasteiger charge is 2.32. The van der Waals surface area contributed by atoms with Crippen molar-refractivity contribution in [3.05, 3.63) is 76.9 Å². The lowest BCUT2D eigenvalue weighted by Crippen LogP contribution is -2.26. The van der Waals surface area contributed by atoms with Gasteiger partial charge in [0.15, 0.2) is 0 Å². The summed E-state index contributed by atoms with van der Waals surface area (Å²) < 4.78 is 0. The molecule has 112 valence electrons. The van der Waals surface area contributed by atoms with E-state index in [-0.39, 0.29) is 5.41 Å². The quantitative estimate of drug-likeness (QED) is 0.701.